The molecule has 3 N–H and O–H groups in total. The number of para-hydroxylation sites is 1. The maximum atomic E-state index is 12.2. The summed E-state index contributed by atoms with van der Waals surface area (Å²) in [7, 11) is 0. The molecule has 0 fully saturated rings. The predicted molar refractivity (Wildman–Crippen MR) is 71.0 cm³/mol. The fourth-order valence-electron chi connectivity index (χ4n) is 1.82. The number of aryl methyl sites for hydroxylation is 1. The van der Waals surface area contributed by atoms with Crippen LogP contribution >= 0.6 is 0 Å². The monoisotopic (exact) mass is 280 g/mol. The van der Waals surface area contributed by atoms with E-state index in [-0.39, 0.29) is 0 Å². The van der Waals surface area contributed by atoms with Crippen molar-refractivity contribution in [1.29, 1.82) is 5.41 Å². The lowest BCUT2D eigenvalue weighted by Gasteiger charge is -2.04. The van der Waals surface area contributed by atoms with E-state index in [1.54, 1.807) is 11.4 Å². The summed E-state index contributed by atoms with van der Waals surface area (Å²) < 4.78 is 36.6. The molecule has 0 aliphatic carbocycles. The molecule has 0 spiro atoms. The van der Waals surface area contributed by atoms with Crippen LogP contribution in [0.15, 0.2) is 42.6 Å². The second kappa shape index (κ2) is 5.42. The van der Waals surface area contributed by atoms with E-state index in [1.165, 1.54) is 6.20 Å². The van der Waals surface area contributed by atoms with Crippen LogP contribution in [0.25, 0.3) is 10.9 Å². The maximum absolute atomic E-state index is 12.2. The molecular formula is C14H13F3N3+. The summed E-state index contributed by atoms with van der Waals surface area (Å²) >= 11 is 0. The molecule has 1 aromatic carbocycles. The minimum absolute atomic E-state index is 0.741. The van der Waals surface area contributed by atoms with E-state index in [9.17, 15) is 13.2 Å². The van der Waals surface area contributed by atoms with Crippen LogP contribution in [0, 0.1) is 12.3 Å². The van der Waals surface area contributed by atoms with Gasteiger partial charge in [0, 0.05) is 17.8 Å². The second-order valence-corrected chi connectivity index (χ2v) is 4.31. The van der Waals surface area contributed by atoms with Gasteiger partial charge in [0.2, 0.25) is 0 Å². The van der Waals surface area contributed by atoms with Crippen molar-refractivity contribution >= 4 is 22.3 Å². The first-order valence-electron chi connectivity index (χ1n) is 5.91. The second-order valence-electron chi connectivity index (χ2n) is 4.31. The van der Waals surface area contributed by atoms with Crippen molar-refractivity contribution in [3.63, 3.8) is 0 Å². The van der Waals surface area contributed by atoms with Gasteiger partial charge in [0.1, 0.15) is 11.4 Å². The van der Waals surface area contributed by atoms with Crippen molar-refractivity contribution in [2.45, 2.75) is 13.1 Å². The number of fused-ring (bicyclic) bond motifs is 1. The van der Waals surface area contributed by atoms with Crippen LogP contribution in [0.2, 0.25) is 0 Å². The Bertz CT molecular complexity index is 675. The molecule has 0 unspecified atom stereocenters. The van der Waals surface area contributed by atoms with Crippen LogP contribution in [-0.2, 0) is 0 Å². The highest BCUT2D eigenvalue weighted by Crippen LogP contribution is 2.19. The minimum Gasteiger partial charge on any atom is -0.296 e. The number of rotatable bonds is 3. The molecule has 0 saturated heterocycles. The largest absolute Gasteiger partial charge is 0.432 e. The van der Waals surface area contributed by atoms with Crippen LogP contribution in [0.3, 0.4) is 0 Å². The van der Waals surface area contributed by atoms with Gasteiger partial charge in [0.05, 0.1) is 17.1 Å². The molecular weight excluding hydrogens is 267 g/mol. The zero-order chi connectivity index (χ0) is 14.8. The molecule has 2 rings (SSSR count). The number of aromatic nitrogens is 1. The first-order valence-corrected chi connectivity index (χ1v) is 5.91. The van der Waals surface area contributed by atoms with Gasteiger partial charge in [-0.1, -0.05) is 12.1 Å². The van der Waals surface area contributed by atoms with Gasteiger partial charge in [-0.25, -0.2) is 0 Å². The van der Waals surface area contributed by atoms with E-state index in [0.717, 1.165) is 28.4 Å². The van der Waals surface area contributed by atoms with Gasteiger partial charge >= 0.3 is 6.18 Å². The molecule has 20 heavy (non-hydrogen) atoms. The lowest BCUT2D eigenvalue weighted by molar-refractivity contribution is -0.494. The third-order valence-electron chi connectivity index (χ3n) is 2.72. The fraction of sp³-hybridized carbons (Fsp3) is 0.143. The molecule has 104 valence electrons. The number of nitrogens with two attached hydrogens (primary N) is 1. The minimum atomic E-state index is -4.61. The number of halogens is 3. The van der Waals surface area contributed by atoms with E-state index >= 15 is 0 Å². The SMILES string of the molecule is Cc1cc([NH2+]/C=C\C(=N)C(F)(F)F)c2ccccc2n1. The highest BCUT2D eigenvalue weighted by atomic mass is 19.4. The van der Waals surface area contributed by atoms with Crippen molar-refractivity contribution in [2.75, 3.05) is 0 Å². The van der Waals surface area contributed by atoms with E-state index < -0.39 is 11.9 Å². The standard InChI is InChI=1S/C14H12F3N3/c1-9-8-12(10-4-2-3-5-11(10)20-9)19-7-6-13(18)14(15,16)17/h2-8,18H,1H3,(H,19,20)/p+1/b7-6-,18-13?. The Balaban J connectivity index is 2.26. The zero-order valence-corrected chi connectivity index (χ0v) is 10.7. The van der Waals surface area contributed by atoms with Gasteiger partial charge in [-0.15, -0.1) is 0 Å². The summed E-state index contributed by atoms with van der Waals surface area (Å²) in [5.41, 5.74) is 0.982. The highest BCUT2D eigenvalue weighted by Gasteiger charge is 2.32. The molecule has 0 radical (unpaired) electrons. The lowest BCUT2D eigenvalue weighted by atomic mass is 10.1. The van der Waals surface area contributed by atoms with Crippen molar-refractivity contribution < 1.29 is 18.5 Å². The van der Waals surface area contributed by atoms with E-state index in [1.807, 2.05) is 31.2 Å². The van der Waals surface area contributed by atoms with Gasteiger partial charge in [-0.2, -0.15) is 13.2 Å². The number of nitrogens with zero attached hydrogens (tertiary/aromatic N) is 1. The number of alkyl halides is 3. The van der Waals surface area contributed by atoms with Gasteiger partial charge in [0.15, 0.2) is 0 Å². The average molecular weight is 280 g/mol. The number of benzene rings is 1. The Morgan fingerprint density at radius 1 is 1.30 bits per heavy atom. The summed E-state index contributed by atoms with van der Waals surface area (Å²) in [5.74, 6) is 0. The molecule has 0 bridgehead atoms. The molecule has 0 saturated carbocycles. The number of hydrogen-bond acceptors (Lipinski definition) is 2. The molecule has 0 aliphatic rings. The van der Waals surface area contributed by atoms with Crippen LogP contribution in [0.1, 0.15) is 5.69 Å². The molecule has 0 aliphatic heterocycles. The third-order valence-corrected chi connectivity index (χ3v) is 2.72. The molecule has 1 heterocycles. The summed E-state index contributed by atoms with van der Waals surface area (Å²) in [6, 6.07) is 9.20. The Morgan fingerprint density at radius 3 is 2.70 bits per heavy atom. The highest BCUT2D eigenvalue weighted by molar-refractivity contribution is 5.96. The number of quaternary nitrogens is 1. The zero-order valence-electron chi connectivity index (χ0n) is 10.7. The summed E-state index contributed by atoms with van der Waals surface area (Å²) in [5, 5.41) is 9.28. The van der Waals surface area contributed by atoms with Crippen molar-refractivity contribution in [3.05, 3.63) is 48.3 Å². The van der Waals surface area contributed by atoms with E-state index in [4.69, 9.17) is 5.41 Å². The van der Waals surface area contributed by atoms with Gasteiger partial charge in [-0.3, -0.25) is 15.7 Å². The number of hydrogen-bond donors (Lipinski definition) is 2. The van der Waals surface area contributed by atoms with E-state index in [2.05, 4.69) is 4.98 Å². The normalized spacial score (nSPS) is 12.2. The van der Waals surface area contributed by atoms with Crippen molar-refractivity contribution in [1.82, 2.24) is 4.98 Å². The van der Waals surface area contributed by atoms with Gasteiger partial charge in [-0.05, 0) is 19.1 Å². The topological polar surface area (TPSA) is 53.4 Å². The Morgan fingerprint density at radius 2 is 2.00 bits per heavy atom. The quantitative estimate of drug-likeness (QED) is 0.835. The first kappa shape index (κ1) is 14.2. The Labute approximate surface area is 113 Å². The molecule has 1 aromatic heterocycles. The number of nitrogens with one attached hydrogen (secondary N) is 1. The van der Waals surface area contributed by atoms with Crippen molar-refractivity contribution in [3.8, 4) is 0 Å². The van der Waals surface area contributed by atoms with Gasteiger partial charge in [0.25, 0.3) is 0 Å². The molecule has 0 amide bonds. The summed E-state index contributed by atoms with van der Waals surface area (Å²) in [4.78, 5) is 4.35. The number of pyridine rings is 1. The Hall–Kier alpha value is -2.21. The number of allylic oxidation sites excluding steroid dienone is 1. The molecule has 2 aromatic rings. The van der Waals surface area contributed by atoms with Crippen LogP contribution < -0.4 is 5.32 Å². The third kappa shape index (κ3) is 3.21. The predicted octanol–water partition coefficient (Wildman–Crippen LogP) is 2.83. The van der Waals surface area contributed by atoms with Crippen LogP contribution in [-0.4, -0.2) is 16.9 Å². The van der Waals surface area contributed by atoms with Gasteiger partial charge < -0.3 is 0 Å². The maximum Gasteiger partial charge on any atom is 0.432 e. The first-order chi connectivity index (χ1) is 9.38. The lowest BCUT2D eigenvalue weighted by Crippen LogP contribution is -2.71. The molecule has 0 atom stereocenters. The molecule has 6 heteroatoms. The average Bonchev–Trinajstić information content (AvgIpc) is 2.37. The summed E-state index contributed by atoms with van der Waals surface area (Å²) in [6.07, 6.45) is -2.64. The van der Waals surface area contributed by atoms with Crippen LogP contribution in [0.4, 0.5) is 18.9 Å². The fourth-order valence-corrected chi connectivity index (χ4v) is 1.82. The van der Waals surface area contributed by atoms with E-state index in [0.29, 0.717) is 0 Å². The van der Waals surface area contributed by atoms with Crippen LogP contribution in [0.5, 0.6) is 0 Å². The molecule has 3 nitrogen and oxygen atoms in total. The van der Waals surface area contributed by atoms with Crippen molar-refractivity contribution in [2.24, 2.45) is 0 Å². The smallest absolute Gasteiger partial charge is 0.296 e. The Kier molecular flexibility index (Phi) is 3.85. The summed E-state index contributed by atoms with van der Waals surface area (Å²) in [6.45, 7) is 1.82.